The molecular formula is C28H35N2O2+. The minimum absolute atomic E-state index is 0.244. The van der Waals surface area contributed by atoms with E-state index in [4.69, 9.17) is 4.74 Å². The molecule has 1 aliphatic rings. The standard InChI is InChI=1S/C28H34N2O2/c1-22-11-6-7-12-23(22)19-29-18-10-16-26(29)21-30(25-14-4-3-5-15-25)20-24-13-8-9-17-27(24)28(31)32-2/h6-13,16-18,25H,3-5,14-15,19-21H2,1-2H3/p+1. The van der Waals surface area contributed by atoms with E-state index in [1.165, 1.54) is 56.0 Å². The molecule has 0 aliphatic heterocycles. The van der Waals surface area contributed by atoms with Gasteiger partial charge < -0.3 is 14.2 Å². The molecule has 168 valence electrons. The molecule has 4 nitrogen and oxygen atoms in total. The van der Waals surface area contributed by atoms with Crippen molar-refractivity contribution < 1.29 is 14.4 Å². The number of methoxy groups -OCH3 is 1. The van der Waals surface area contributed by atoms with Crippen LogP contribution in [0.3, 0.4) is 0 Å². The Labute approximate surface area is 191 Å². The highest BCUT2D eigenvalue weighted by Crippen LogP contribution is 2.18. The van der Waals surface area contributed by atoms with Crippen molar-refractivity contribution in [3.8, 4) is 0 Å². The van der Waals surface area contributed by atoms with Gasteiger partial charge in [0.2, 0.25) is 0 Å². The number of esters is 1. The Morgan fingerprint density at radius 3 is 2.41 bits per heavy atom. The first kappa shape index (κ1) is 22.3. The summed E-state index contributed by atoms with van der Waals surface area (Å²) in [6.07, 6.45) is 8.66. The summed E-state index contributed by atoms with van der Waals surface area (Å²) in [4.78, 5) is 13.9. The molecule has 1 aromatic heterocycles. The first-order valence-electron chi connectivity index (χ1n) is 11.8. The Hall–Kier alpha value is -2.85. The van der Waals surface area contributed by atoms with Gasteiger partial charge in [0.1, 0.15) is 13.1 Å². The number of nitrogens with one attached hydrogen (secondary N) is 1. The van der Waals surface area contributed by atoms with Crippen LogP contribution in [0, 0.1) is 6.92 Å². The Morgan fingerprint density at radius 1 is 0.938 bits per heavy atom. The average molecular weight is 432 g/mol. The fourth-order valence-electron chi connectivity index (χ4n) is 5.06. The third-order valence-electron chi connectivity index (χ3n) is 6.96. The second-order valence-corrected chi connectivity index (χ2v) is 9.05. The minimum Gasteiger partial charge on any atom is -0.465 e. The van der Waals surface area contributed by atoms with Crippen LogP contribution >= 0.6 is 0 Å². The van der Waals surface area contributed by atoms with Crippen molar-refractivity contribution >= 4 is 5.97 Å². The van der Waals surface area contributed by atoms with Gasteiger partial charge in [-0.2, -0.15) is 0 Å². The van der Waals surface area contributed by atoms with Gasteiger partial charge in [-0.25, -0.2) is 4.79 Å². The number of nitrogens with zero attached hydrogens (tertiary/aromatic N) is 1. The lowest BCUT2D eigenvalue weighted by atomic mass is 9.93. The predicted octanol–water partition coefficient (Wildman–Crippen LogP) is 4.55. The van der Waals surface area contributed by atoms with Gasteiger partial charge in [-0.05, 0) is 61.9 Å². The summed E-state index contributed by atoms with van der Waals surface area (Å²) in [5.41, 5.74) is 5.82. The zero-order valence-corrected chi connectivity index (χ0v) is 19.3. The second-order valence-electron chi connectivity index (χ2n) is 9.05. The van der Waals surface area contributed by atoms with E-state index in [1.807, 2.05) is 18.2 Å². The van der Waals surface area contributed by atoms with Crippen molar-refractivity contribution in [3.63, 3.8) is 0 Å². The molecule has 1 fully saturated rings. The number of hydrogen-bond donors (Lipinski definition) is 1. The van der Waals surface area contributed by atoms with Gasteiger partial charge >= 0.3 is 5.97 Å². The van der Waals surface area contributed by atoms with Crippen LogP contribution in [0.25, 0.3) is 0 Å². The zero-order chi connectivity index (χ0) is 22.3. The summed E-state index contributed by atoms with van der Waals surface area (Å²) in [7, 11) is 1.46. The fourth-order valence-corrected chi connectivity index (χ4v) is 5.06. The van der Waals surface area contributed by atoms with Crippen LogP contribution in [0.15, 0.2) is 66.9 Å². The lowest BCUT2D eigenvalue weighted by molar-refractivity contribution is -0.953. The third-order valence-corrected chi connectivity index (χ3v) is 6.96. The number of aromatic nitrogens is 1. The monoisotopic (exact) mass is 431 g/mol. The molecule has 1 N–H and O–H groups in total. The Kier molecular flexibility index (Phi) is 7.43. The summed E-state index contributed by atoms with van der Waals surface area (Å²) in [6.45, 7) is 4.87. The van der Waals surface area contributed by atoms with Crippen molar-refractivity contribution in [2.24, 2.45) is 0 Å². The van der Waals surface area contributed by atoms with E-state index in [-0.39, 0.29) is 5.97 Å². The first-order valence-corrected chi connectivity index (χ1v) is 11.8. The minimum atomic E-state index is -0.244. The van der Waals surface area contributed by atoms with E-state index in [1.54, 1.807) is 4.90 Å². The van der Waals surface area contributed by atoms with E-state index in [2.05, 4.69) is 60.2 Å². The van der Waals surface area contributed by atoms with E-state index < -0.39 is 0 Å². The predicted molar refractivity (Wildman–Crippen MR) is 128 cm³/mol. The van der Waals surface area contributed by atoms with Crippen LogP contribution in [0.5, 0.6) is 0 Å². The van der Waals surface area contributed by atoms with Gasteiger partial charge in [0.15, 0.2) is 0 Å². The van der Waals surface area contributed by atoms with Gasteiger partial charge in [0.05, 0.1) is 24.4 Å². The number of carbonyl (C=O) groups excluding carboxylic acids is 1. The Bertz CT molecular complexity index is 1030. The highest BCUT2D eigenvalue weighted by molar-refractivity contribution is 5.90. The highest BCUT2D eigenvalue weighted by atomic mass is 16.5. The maximum absolute atomic E-state index is 12.4. The molecule has 0 bridgehead atoms. The van der Waals surface area contributed by atoms with Gasteiger partial charge in [-0.1, -0.05) is 48.9 Å². The van der Waals surface area contributed by atoms with Crippen LogP contribution < -0.4 is 4.90 Å². The summed E-state index contributed by atoms with van der Waals surface area (Å²) >= 11 is 0. The SMILES string of the molecule is COC(=O)c1ccccc1C[NH+](Cc1cccn1Cc1ccccc1C)C1CCCCC1. The van der Waals surface area contributed by atoms with Crippen molar-refractivity contribution in [2.75, 3.05) is 7.11 Å². The molecule has 4 heteroatoms. The largest absolute Gasteiger partial charge is 0.465 e. The van der Waals surface area contributed by atoms with E-state index in [9.17, 15) is 4.79 Å². The molecule has 32 heavy (non-hydrogen) atoms. The molecule has 4 rings (SSSR count). The smallest absolute Gasteiger partial charge is 0.338 e. The molecule has 3 aromatic rings. The first-order chi connectivity index (χ1) is 15.7. The quantitative estimate of drug-likeness (QED) is 0.531. The molecule has 2 aromatic carbocycles. The number of benzene rings is 2. The second kappa shape index (κ2) is 10.6. The maximum Gasteiger partial charge on any atom is 0.338 e. The lowest BCUT2D eigenvalue weighted by Crippen LogP contribution is -3.13. The van der Waals surface area contributed by atoms with Crippen molar-refractivity contribution in [2.45, 2.75) is 64.7 Å². The van der Waals surface area contributed by atoms with Crippen molar-refractivity contribution in [3.05, 3.63) is 94.8 Å². The molecule has 1 saturated carbocycles. The van der Waals surface area contributed by atoms with E-state index in [0.29, 0.717) is 11.6 Å². The van der Waals surface area contributed by atoms with Gasteiger partial charge in [0.25, 0.3) is 0 Å². The molecule has 1 atom stereocenters. The fraction of sp³-hybridized carbons (Fsp3) is 0.393. The van der Waals surface area contributed by atoms with Crippen LogP contribution in [-0.4, -0.2) is 23.7 Å². The number of aryl methyl sites for hydroxylation is 1. The van der Waals surface area contributed by atoms with Gasteiger partial charge in [-0.3, -0.25) is 0 Å². The normalized spacial score (nSPS) is 15.4. The molecule has 1 unspecified atom stereocenters. The van der Waals surface area contributed by atoms with Crippen LogP contribution in [0.1, 0.15) is 64.8 Å². The van der Waals surface area contributed by atoms with Gasteiger partial charge in [-0.15, -0.1) is 0 Å². The van der Waals surface area contributed by atoms with Crippen LogP contribution in [-0.2, 0) is 24.4 Å². The summed E-state index contributed by atoms with van der Waals surface area (Å²) in [6, 6.07) is 21.6. The molecule has 1 heterocycles. The number of quaternary nitrogens is 1. The molecular weight excluding hydrogens is 396 g/mol. The van der Waals surface area contributed by atoms with Gasteiger partial charge in [0, 0.05) is 18.3 Å². The number of ether oxygens (including phenoxy) is 1. The maximum atomic E-state index is 12.4. The Morgan fingerprint density at radius 2 is 1.66 bits per heavy atom. The summed E-state index contributed by atoms with van der Waals surface area (Å²) < 4.78 is 7.44. The average Bonchev–Trinajstić information content (AvgIpc) is 3.27. The third kappa shape index (κ3) is 5.31. The van der Waals surface area contributed by atoms with Crippen LogP contribution in [0.2, 0.25) is 0 Å². The molecule has 1 aliphatic carbocycles. The zero-order valence-electron chi connectivity index (χ0n) is 19.3. The summed E-state index contributed by atoms with van der Waals surface area (Å²) in [5, 5.41) is 0. The Balaban J connectivity index is 1.59. The van der Waals surface area contributed by atoms with E-state index in [0.717, 1.165) is 25.2 Å². The summed E-state index contributed by atoms with van der Waals surface area (Å²) in [5.74, 6) is -0.244. The van der Waals surface area contributed by atoms with Crippen molar-refractivity contribution in [1.29, 1.82) is 0 Å². The number of carbonyl (C=O) groups is 1. The molecule has 0 amide bonds. The highest BCUT2D eigenvalue weighted by Gasteiger charge is 2.27. The molecule has 0 radical (unpaired) electrons. The molecule has 0 spiro atoms. The van der Waals surface area contributed by atoms with Crippen LogP contribution in [0.4, 0.5) is 0 Å². The lowest BCUT2D eigenvalue weighted by Gasteiger charge is -2.32. The number of hydrogen-bond acceptors (Lipinski definition) is 2. The number of rotatable bonds is 8. The molecule has 0 saturated heterocycles. The van der Waals surface area contributed by atoms with E-state index >= 15 is 0 Å². The van der Waals surface area contributed by atoms with Crippen molar-refractivity contribution in [1.82, 2.24) is 4.57 Å². The topological polar surface area (TPSA) is 35.7 Å².